The lowest BCUT2D eigenvalue weighted by atomic mass is 9.96. The summed E-state index contributed by atoms with van der Waals surface area (Å²) in [6.45, 7) is 2.28. The van der Waals surface area contributed by atoms with Crippen LogP contribution in [0.15, 0.2) is 17.3 Å². The van der Waals surface area contributed by atoms with Crippen LogP contribution in [0.5, 0.6) is 0 Å². The molecule has 8 nitrogen and oxygen atoms in total. The number of rotatable bonds is 2. The van der Waals surface area contributed by atoms with Crippen molar-refractivity contribution in [2.75, 3.05) is 25.1 Å². The lowest BCUT2D eigenvalue weighted by Crippen LogP contribution is -2.44. The predicted octanol–water partition coefficient (Wildman–Crippen LogP) is -0.764. The normalized spacial score (nSPS) is 35.1. The Bertz CT molecular complexity index is 694. The van der Waals surface area contributed by atoms with E-state index in [0.29, 0.717) is 13.2 Å². The monoisotopic (exact) mass is 320 g/mol. The summed E-state index contributed by atoms with van der Waals surface area (Å²) < 4.78 is 7.50. The number of aliphatic hydroxyl groups is 3. The highest BCUT2D eigenvalue weighted by atomic mass is 16.6. The Morgan fingerprint density at radius 1 is 1.48 bits per heavy atom. The minimum atomic E-state index is -1.52. The Hall–Kier alpha value is -1.87. The van der Waals surface area contributed by atoms with E-state index in [1.165, 1.54) is 6.92 Å². The average molecular weight is 320 g/mol. The van der Waals surface area contributed by atoms with E-state index in [-0.39, 0.29) is 6.61 Å². The van der Waals surface area contributed by atoms with Crippen molar-refractivity contribution in [3.63, 3.8) is 0 Å². The zero-order valence-corrected chi connectivity index (χ0v) is 12.7. The molecule has 0 radical (unpaired) electrons. The maximum Gasteiger partial charge on any atom is 0.167 e. The molecule has 0 aliphatic carbocycles. The maximum atomic E-state index is 10.7. The van der Waals surface area contributed by atoms with Crippen LogP contribution < -0.4 is 10.6 Å². The van der Waals surface area contributed by atoms with E-state index < -0.39 is 24.0 Å². The predicted molar refractivity (Wildman–Crippen MR) is 84.1 cm³/mol. The van der Waals surface area contributed by atoms with Gasteiger partial charge in [0.15, 0.2) is 6.23 Å². The number of anilines is 1. The summed E-state index contributed by atoms with van der Waals surface area (Å²) in [4.78, 5) is 4.43. The molecule has 8 heteroatoms. The van der Waals surface area contributed by atoms with Crippen molar-refractivity contribution in [3.8, 4) is 0 Å². The molecule has 0 bridgehead atoms. The van der Waals surface area contributed by atoms with Crippen LogP contribution in [-0.2, 0) is 4.74 Å². The van der Waals surface area contributed by atoms with Crippen LogP contribution >= 0.6 is 0 Å². The number of aromatic nitrogens is 1. The molecule has 4 atom stereocenters. The topological polar surface area (TPSA) is 111 Å². The number of nitrogens with one attached hydrogen (secondary N) is 2. The van der Waals surface area contributed by atoms with Crippen LogP contribution in [0.2, 0.25) is 0 Å². The lowest BCUT2D eigenvalue weighted by molar-refractivity contribution is -0.0956. The lowest BCUT2D eigenvalue weighted by Gasteiger charge is -2.29. The molecule has 3 aliphatic rings. The Labute approximate surface area is 133 Å². The van der Waals surface area contributed by atoms with Crippen LogP contribution in [-0.4, -0.2) is 63.4 Å². The quantitative estimate of drug-likeness (QED) is 0.490. The van der Waals surface area contributed by atoms with Crippen LogP contribution in [0.25, 0.3) is 6.08 Å². The van der Waals surface area contributed by atoms with Gasteiger partial charge in [-0.15, -0.1) is 0 Å². The molecule has 3 aliphatic heterocycles. The van der Waals surface area contributed by atoms with Gasteiger partial charge in [-0.25, -0.2) is 4.99 Å². The summed E-state index contributed by atoms with van der Waals surface area (Å²) in [6, 6.07) is 0. The molecular formula is C15H20N4O4. The van der Waals surface area contributed by atoms with Crippen molar-refractivity contribution >= 4 is 17.7 Å². The molecule has 0 spiro atoms. The van der Waals surface area contributed by atoms with E-state index in [2.05, 4.69) is 15.6 Å². The molecule has 0 saturated carbocycles. The summed E-state index contributed by atoms with van der Waals surface area (Å²) in [6.07, 6.45) is 3.05. The third-order valence-electron chi connectivity index (χ3n) is 4.65. The number of nitrogens with zero attached hydrogens (tertiary/aromatic N) is 2. The molecule has 124 valence electrons. The van der Waals surface area contributed by atoms with Crippen molar-refractivity contribution < 1.29 is 20.1 Å². The first-order valence-corrected chi connectivity index (χ1v) is 7.64. The van der Waals surface area contributed by atoms with Gasteiger partial charge in [-0.05, 0) is 6.92 Å². The fourth-order valence-corrected chi connectivity index (χ4v) is 3.43. The molecule has 1 aromatic rings. The first-order valence-electron chi connectivity index (χ1n) is 7.64. The van der Waals surface area contributed by atoms with Crippen LogP contribution in [0, 0.1) is 0 Å². The van der Waals surface area contributed by atoms with Crippen LogP contribution in [0.1, 0.15) is 24.3 Å². The largest absolute Gasteiger partial charge is 0.394 e. The SMILES string of the molecule is C[C@]1(O)C(n2cc3c4c2NCN=C4NCC=C3)O[C@H](CO)[C@H]1O. The highest BCUT2D eigenvalue weighted by Gasteiger charge is 2.53. The summed E-state index contributed by atoms with van der Waals surface area (Å²) in [5, 5.41) is 36.7. The number of ether oxygens (including phenoxy) is 1. The van der Waals surface area contributed by atoms with Gasteiger partial charge >= 0.3 is 0 Å². The van der Waals surface area contributed by atoms with Gasteiger partial charge in [0.25, 0.3) is 0 Å². The molecule has 0 aromatic carbocycles. The summed E-state index contributed by atoms with van der Waals surface area (Å²) in [5.41, 5.74) is 0.360. The fraction of sp³-hybridized carbons (Fsp3) is 0.533. The Morgan fingerprint density at radius 2 is 2.30 bits per heavy atom. The van der Waals surface area contributed by atoms with Gasteiger partial charge in [0.05, 0.1) is 12.2 Å². The first kappa shape index (κ1) is 14.7. The molecular weight excluding hydrogens is 300 g/mol. The summed E-state index contributed by atoms with van der Waals surface area (Å²) in [7, 11) is 0. The minimum absolute atomic E-state index is 0.355. The second-order valence-corrected chi connectivity index (χ2v) is 6.22. The molecule has 4 heterocycles. The third-order valence-corrected chi connectivity index (χ3v) is 4.65. The maximum absolute atomic E-state index is 10.7. The van der Waals surface area contributed by atoms with Crippen LogP contribution in [0.4, 0.5) is 5.82 Å². The molecule has 1 fully saturated rings. The molecule has 1 saturated heterocycles. The minimum Gasteiger partial charge on any atom is -0.394 e. The number of aliphatic hydroxyl groups excluding tert-OH is 2. The number of aliphatic imine (C=N–C) groups is 1. The Morgan fingerprint density at radius 3 is 3.04 bits per heavy atom. The highest BCUT2D eigenvalue weighted by Crippen LogP contribution is 2.42. The molecule has 0 amide bonds. The van der Waals surface area contributed by atoms with E-state index in [1.54, 1.807) is 4.57 Å². The van der Waals surface area contributed by atoms with E-state index in [0.717, 1.165) is 22.8 Å². The summed E-state index contributed by atoms with van der Waals surface area (Å²) in [5.74, 6) is 1.58. The van der Waals surface area contributed by atoms with Crippen molar-refractivity contribution in [1.82, 2.24) is 9.88 Å². The highest BCUT2D eigenvalue weighted by molar-refractivity contribution is 6.08. The van der Waals surface area contributed by atoms with Gasteiger partial charge in [-0.2, -0.15) is 0 Å². The van der Waals surface area contributed by atoms with E-state index in [1.807, 2.05) is 18.3 Å². The second-order valence-electron chi connectivity index (χ2n) is 6.22. The van der Waals surface area contributed by atoms with E-state index in [4.69, 9.17) is 4.74 Å². The van der Waals surface area contributed by atoms with Crippen molar-refractivity contribution in [3.05, 3.63) is 23.4 Å². The average Bonchev–Trinajstić information content (AvgIpc) is 2.90. The number of hydrogen-bond donors (Lipinski definition) is 5. The standard InChI is InChI=1S/C15H20N4O4/c1-15(22)11(21)9(6-20)23-14(15)19-5-8-3-2-4-16-12-10(8)13(19)18-7-17-12/h2-3,5,9,11,14,18,20-22H,4,6-7H2,1H3,(H,16,17)/t9-,11-,14?,15-/m1/s1. The van der Waals surface area contributed by atoms with E-state index in [9.17, 15) is 15.3 Å². The zero-order chi connectivity index (χ0) is 16.2. The van der Waals surface area contributed by atoms with Gasteiger partial charge in [0.1, 0.15) is 36.1 Å². The van der Waals surface area contributed by atoms with E-state index >= 15 is 0 Å². The molecule has 4 rings (SSSR count). The number of amidine groups is 1. The zero-order valence-electron chi connectivity index (χ0n) is 12.7. The Kier molecular flexibility index (Phi) is 3.24. The van der Waals surface area contributed by atoms with Crippen molar-refractivity contribution in [1.29, 1.82) is 0 Å². The molecule has 23 heavy (non-hydrogen) atoms. The van der Waals surface area contributed by atoms with Gasteiger partial charge in [0, 0.05) is 18.3 Å². The van der Waals surface area contributed by atoms with Gasteiger partial charge in [-0.3, -0.25) is 0 Å². The Balaban J connectivity index is 1.82. The van der Waals surface area contributed by atoms with Crippen molar-refractivity contribution in [2.45, 2.75) is 31.0 Å². The fourth-order valence-electron chi connectivity index (χ4n) is 3.43. The molecule has 1 unspecified atom stereocenters. The second kappa shape index (κ2) is 5.07. The van der Waals surface area contributed by atoms with Gasteiger partial charge in [0.2, 0.25) is 0 Å². The van der Waals surface area contributed by atoms with Gasteiger partial charge in [-0.1, -0.05) is 12.2 Å². The van der Waals surface area contributed by atoms with Crippen molar-refractivity contribution in [2.24, 2.45) is 4.99 Å². The smallest absolute Gasteiger partial charge is 0.167 e. The van der Waals surface area contributed by atoms with Crippen LogP contribution in [0.3, 0.4) is 0 Å². The summed E-state index contributed by atoms with van der Waals surface area (Å²) >= 11 is 0. The third kappa shape index (κ3) is 2.03. The van der Waals surface area contributed by atoms with Gasteiger partial charge < -0.3 is 35.3 Å². The molecule has 5 N–H and O–H groups in total. The number of hydrogen-bond acceptors (Lipinski definition) is 7. The molecule has 1 aromatic heterocycles. The first-order chi connectivity index (χ1) is 11.0.